The third-order valence-electron chi connectivity index (χ3n) is 3.27. The van der Waals surface area contributed by atoms with Crippen molar-refractivity contribution in [1.82, 2.24) is 0 Å². The van der Waals surface area contributed by atoms with Crippen LogP contribution in [-0.4, -0.2) is 7.11 Å². The third kappa shape index (κ3) is 3.72. The SMILES string of the molecule is C/C=C/[C@@H](Cc1ccccc1)c1ccc(OC)cc1. The van der Waals surface area contributed by atoms with Crippen LogP contribution in [0.4, 0.5) is 0 Å². The van der Waals surface area contributed by atoms with Crippen molar-refractivity contribution in [1.29, 1.82) is 0 Å². The van der Waals surface area contributed by atoms with E-state index in [1.54, 1.807) is 7.11 Å². The highest BCUT2D eigenvalue weighted by molar-refractivity contribution is 5.33. The summed E-state index contributed by atoms with van der Waals surface area (Å²) in [5, 5.41) is 0. The van der Waals surface area contributed by atoms with Gasteiger partial charge in [-0.15, -0.1) is 0 Å². The molecule has 98 valence electrons. The lowest BCUT2D eigenvalue weighted by atomic mass is 9.91. The smallest absolute Gasteiger partial charge is 0.118 e. The number of methoxy groups -OCH3 is 1. The molecule has 1 atom stereocenters. The van der Waals surface area contributed by atoms with Crippen molar-refractivity contribution < 1.29 is 4.74 Å². The largest absolute Gasteiger partial charge is 0.497 e. The lowest BCUT2D eigenvalue weighted by Gasteiger charge is -2.14. The van der Waals surface area contributed by atoms with Crippen LogP contribution >= 0.6 is 0 Å². The minimum atomic E-state index is 0.415. The van der Waals surface area contributed by atoms with E-state index in [1.807, 2.05) is 12.1 Å². The second kappa shape index (κ2) is 6.79. The van der Waals surface area contributed by atoms with Crippen LogP contribution in [0.3, 0.4) is 0 Å². The van der Waals surface area contributed by atoms with E-state index in [2.05, 4.69) is 61.5 Å². The standard InChI is InChI=1S/C18H20O/c1-3-7-17(14-15-8-5-4-6-9-15)16-10-12-18(19-2)13-11-16/h3-13,17H,14H2,1-2H3/b7-3+/t17-/m0/s1. The lowest BCUT2D eigenvalue weighted by molar-refractivity contribution is 0.414. The molecule has 0 saturated heterocycles. The molecule has 2 aromatic rings. The maximum atomic E-state index is 5.21. The molecular formula is C18H20O. The van der Waals surface area contributed by atoms with E-state index in [0.29, 0.717) is 5.92 Å². The number of hydrogen-bond donors (Lipinski definition) is 0. The van der Waals surface area contributed by atoms with Gasteiger partial charge in [-0.25, -0.2) is 0 Å². The predicted octanol–water partition coefficient (Wildman–Crippen LogP) is 4.60. The van der Waals surface area contributed by atoms with Crippen LogP contribution in [0.5, 0.6) is 5.75 Å². The molecule has 0 fully saturated rings. The molecule has 0 unspecified atom stereocenters. The molecule has 0 aliphatic heterocycles. The molecule has 1 heteroatoms. The van der Waals surface area contributed by atoms with Gasteiger partial charge < -0.3 is 4.74 Å². The Morgan fingerprint density at radius 2 is 1.68 bits per heavy atom. The molecule has 0 aliphatic carbocycles. The van der Waals surface area contributed by atoms with Gasteiger partial charge in [0.05, 0.1) is 7.11 Å². The van der Waals surface area contributed by atoms with Crippen LogP contribution in [0.1, 0.15) is 24.0 Å². The fraction of sp³-hybridized carbons (Fsp3) is 0.222. The minimum absolute atomic E-state index is 0.415. The van der Waals surface area contributed by atoms with Crippen LogP contribution < -0.4 is 4.74 Å². The van der Waals surface area contributed by atoms with Gasteiger partial charge in [0.25, 0.3) is 0 Å². The predicted molar refractivity (Wildman–Crippen MR) is 80.7 cm³/mol. The number of benzene rings is 2. The van der Waals surface area contributed by atoms with Crippen LogP contribution in [-0.2, 0) is 6.42 Å². The van der Waals surface area contributed by atoms with Crippen LogP contribution in [0.15, 0.2) is 66.7 Å². The van der Waals surface area contributed by atoms with Crippen molar-refractivity contribution >= 4 is 0 Å². The number of rotatable bonds is 5. The first-order chi connectivity index (χ1) is 9.33. The van der Waals surface area contributed by atoms with Gasteiger partial charge in [0.1, 0.15) is 5.75 Å². The lowest BCUT2D eigenvalue weighted by Crippen LogP contribution is -2.00. The minimum Gasteiger partial charge on any atom is -0.497 e. The molecule has 0 aromatic heterocycles. The first-order valence-electron chi connectivity index (χ1n) is 6.64. The zero-order valence-corrected chi connectivity index (χ0v) is 11.5. The highest BCUT2D eigenvalue weighted by Gasteiger charge is 2.09. The quantitative estimate of drug-likeness (QED) is 0.707. The van der Waals surface area contributed by atoms with E-state index in [-0.39, 0.29) is 0 Å². The van der Waals surface area contributed by atoms with Gasteiger partial charge in [0.15, 0.2) is 0 Å². The molecule has 2 aromatic carbocycles. The second-order valence-electron chi connectivity index (χ2n) is 4.60. The molecule has 0 radical (unpaired) electrons. The van der Waals surface area contributed by atoms with Gasteiger partial charge in [0.2, 0.25) is 0 Å². The van der Waals surface area contributed by atoms with Gasteiger partial charge in [0, 0.05) is 5.92 Å². The molecule has 0 aliphatic rings. The first kappa shape index (κ1) is 13.4. The Hall–Kier alpha value is -2.02. The zero-order chi connectivity index (χ0) is 13.5. The van der Waals surface area contributed by atoms with Crippen LogP contribution in [0.25, 0.3) is 0 Å². The van der Waals surface area contributed by atoms with Gasteiger partial charge in [-0.1, -0.05) is 54.6 Å². The van der Waals surface area contributed by atoms with E-state index in [0.717, 1.165) is 12.2 Å². The summed E-state index contributed by atoms with van der Waals surface area (Å²) in [7, 11) is 1.70. The molecular weight excluding hydrogens is 232 g/mol. The van der Waals surface area contributed by atoms with Crippen molar-refractivity contribution in [3.05, 3.63) is 77.9 Å². The molecule has 2 rings (SSSR count). The summed E-state index contributed by atoms with van der Waals surface area (Å²) in [6.45, 7) is 2.07. The fourth-order valence-electron chi connectivity index (χ4n) is 2.25. The van der Waals surface area contributed by atoms with Crippen molar-refractivity contribution in [2.75, 3.05) is 7.11 Å². The Morgan fingerprint density at radius 1 is 1.00 bits per heavy atom. The monoisotopic (exact) mass is 252 g/mol. The Bertz CT molecular complexity index is 511. The number of hydrogen-bond acceptors (Lipinski definition) is 1. The Labute approximate surface area is 115 Å². The average Bonchev–Trinajstić information content (AvgIpc) is 2.48. The van der Waals surface area contributed by atoms with E-state index in [4.69, 9.17) is 4.74 Å². The Kier molecular flexibility index (Phi) is 4.79. The van der Waals surface area contributed by atoms with Crippen molar-refractivity contribution in [3.8, 4) is 5.75 Å². The summed E-state index contributed by atoms with van der Waals surface area (Å²) in [5.41, 5.74) is 2.68. The molecule has 0 spiro atoms. The maximum Gasteiger partial charge on any atom is 0.118 e. The maximum absolute atomic E-state index is 5.21. The summed E-state index contributed by atoms with van der Waals surface area (Å²) < 4.78 is 5.21. The summed E-state index contributed by atoms with van der Waals surface area (Å²) in [4.78, 5) is 0. The molecule has 0 saturated carbocycles. The highest BCUT2D eigenvalue weighted by atomic mass is 16.5. The van der Waals surface area contributed by atoms with Gasteiger partial charge in [-0.3, -0.25) is 0 Å². The van der Waals surface area contributed by atoms with Crippen LogP contribution in [0, 0.1) is 0 Å². The molecule has 0 amide bonds. The summed E-state index contributed by atoms with van der Waals surface area (Å²) in [5.74, 6) is 1.32. The topological polar surface area (TPSA) is 9.23 Å². The summed E-state index contributed by atoms with van der Waals surface area (Å²) in [6, 6.07) is 18.9. The molecule has 0 heterocycles. The third-order valence-corrected chi connectivity index (χ3v) is 3.27. The average molecular weight is 252 g/mol. The summed E-state index contributed by atoms with van der Waals surface area (Å²) >= 11 is 0. The van der Waals surface area contributed by atoms with Crippen molar-refractivity contribution in [3.63, 3.8) is 0 Å². The van der Waals surface area contributed by atoms with Crippen molar-refractivity contribution in [2.45, 2.75) is 19.3 Å². The normalized spacial score (nSPS) is 12.5. The first-order valence-corrected chi connectivity index (χ1v) is 6.64. The number of allylic oxidation sites excluding steroid dienone is 2. The Morgan fingerprint density at radius 3 is 2.26 bits per heavy atom. The molecule has 0 N–H and O–H groups in total. The van der Waals surface area contributed by atoms with Gasteiger partial charge in [-0.2, -0.15) is 0 Å². The van der Waals surface area contributed by atoms with Gasteiger partial charge >= 0.3 is 0 Å². The van der Waals surface area contributed by atoms with E-state index < -0.39 is 0 Å². The van der Waals surface area contributed by atoms with E-state index >= 15 is 0 Å². The van der Waals surface area contributed by atoms with E-state index in [9.17, 15) is 0 Å². The van der Waals surface area contributed by atoms with E-state index in [1.165, 1.54) is 11.1 Å². The number of ether oxygens (including phenoxy) is 1. The zero-order valence-electron chi connectivity index (χ0n) is 11.5. The molecule has 19 heavy (non-hydrogen) atoms. The second-order valence-corrected chi connectivity index (χ2v) is 4.60. The highest BCUT2D eigenvalue weighted by Crippen LogP contribution is 2.24. The van der Waals surface area contributed by atoms with Crippen LogP contribution in [0.2, 0.25) is 0 Å². The van der Waals surface area contributed by atoms with Gasteiger partial charge in [-0.05, 0) is 36.6 Å². The van der Waals surface area contributed by atoms with Crippen molar-refractivity contribution in [2.24, 2.45) is 0 Å². The fourth-order valence-corrected chi connectivity index (χ4v) is 2.25. The molecule has 1 nitrogen and oxygen atoms in total. The molecule has 0 bridgehead atoms. The Balaban J connectivity index is 2.19. The summed E-state index contributed by atoms with van der Waals surface area (Å²) in [6.07, 6.45) is 5.41.